The molecule has 2 rings (SSSR count). The van der Waals surface area contributed by atoms with E-state index >= 15 is 0 Å². The van der Waals surface area contributed by atoms with Crippen LogP contribution in [0, 0.1) is 11.8 Å². The topological polar surface area (TPSA) is 35.5 Å². The summed E-state index contributed by atoms with van der Waals surface area (Å²) < 4.78 is 0. The van der Waals surface area contributed by atoms with E-state index in [0.29, 0.717) is 17.9 Å². The van der Waals surface area contributed by atoms with Crippen LogP contribution in [0.15, 0.2) is 30.3 Å². The predicted molar refractivity (Wildman–Crippen MR) is 88.3 cm³/mol. The minimum Gasteiger partial charge on any atom is -0.393 e. The standard InChI is InChI=1S/C18H30N2O/c1-4-19-18(16-8-6-5-7-9-16)14(2)12-20-11-10-17(13-20)15(3)21/h5-9,14-15,17-19,21H,4,10-13H2,1-3H3. The molecule has 2 N–H and O–H groups in total. The molecule has 21 heavy (non-hydrogen) atoms. The van der Waals surface area contributed by atoms with Crippen LogP contribution in [0.3, 0.4) is 0 Å². The second kappa shape index (κ2) is 7.92. The third-order valence-corrected chi connectivity index (χ3v) is 4.69. The van der Waals surface area contributed by atoms with Crippen molar-refractivity contribution < 1.29 is 5.11 Å². The predicted octanol–water partition coefficient (Wildman–Crippen LogP) is 2.68. The molecule has 0 aromatic heterocycles. The number of hydrogen-bond donors (Lipinski definition) is 2. The third kappa shape index (κ3) is 4.53. The molecule has 1 saturated heterocycles. The minimum atomic E-state index is -0.177. The Morgan fingerprint density at radius 1 is 1.29 bits per heavy atom. The molecule has 1 aromatic rings. The highest BCUT2D eigenvalue weighted by Crippen LogP contribution is 2.26. The molecule has 1 aliphatic rings. The molecule has 1 heterocycles. The van der Waals surface area contributed by atoms with Gasteiger partial charge in [0, 0.05) is 19.1 Å². The molecule has 0 amide bonds. The Bertz CT molecular complexity index is 407. The Kier molecular flexibility index (Phi) is 6.22. The fourth-order valence-electron chi connectivity index (χ4n) is 3.46. The van der Waals surface area contributed by atoms with Crippen molar-refractivity contribution in [3.8, 4) is 0 Å². The minimum absolute atomic E-state index is 0.177. The van der Waals surface area contributed by atoms with Gasteiger partial charge in [0.05, 0.1) is 6.10 Å². The molecule has 0 bridgehead atoms. The third-order valence-electron chi connectivity index (χ3n) is 4.69. The van der Waals surface area contributed by atoms with Gasteiger partial charge in [-0.25, -0.2) is 0 Å². The van der Waals surface area contributed by atoms with Gasteiger partial charge in [-0.1, -0.05) is 44.2 Å². The van der Waals surface area contributed by atoms with Crippen molar-refractivity contribution in [3.63, 3.8) is 0 Å². The highest BCUT2D eigenvalue weighted by molar-refractivity contribution is 5.19. The smallest absolute Gasteiger partial charge is 0.0552 e. The Labute approximate surface area is 129 Å². The maximum absolute atomic E-state index is 9.74. The van der Waals surface area contributed by atoms with Crippen molar-refractivity contribution in [1.82, 2.24) is 10.2 Å². The molecule has 0 aliphatic carbocycles. The summed E-state index contributed by atoms with van der Waals surface area (Å²) in [7, 11) is 0. The molecule has 1 aromatic carbocycles. The van der Waals surface area contributed by atoms with Crippen LogP contribution in [0.2, 0.25) is 0 Å². The van der Waals surface area contributed by atoms with Crippen LogP contribution >= 0.6 is 0 Å². The average Bonchev–Trinajstić information content (AvgIpc) is 2.94. The van der Waals surface area contributed by atoms with Crippen molar-refractivity contribution in [2.45, 2.75) is 39.3 Å². The first-order valence-electron chi connectivity index (χ1n) is 8.30. The fourth-order valence-corrected chi connectivity index (χ4v) is 3.46. The van der Waals surface area contributed by atoms with Crippen molar-refractivity contribution in [1.29, 1.82) is 0 Å². The molecule has 3 nitrogen and oxygen atoms in total. The number of aliphatic hydroxyl groups excluding tert-OH is 1. The summed E-state index contributed by atoms with van der Waals surface area (Å²) >= 11 is 0. The zero-order valence-corrected chi connectivity index (χ0v) is 13.6. The first kappa shape index (κ1) is 16.5. The second-order valence-electron chi connectivity index (χ2n) is 6.47. The van der Waals surface area contributed by atoms with Gasteiger partial charge in [-0.2, -0.15) is 0 Å². The number of benzene rings is 1. The Hall–Kier alpha value is -0.900. The van der Waals surface area contributed by atoms with Crippen LogP contribution < -0.4 is 5.32 Å². The van der Waals surface area contributed by atoms with E-state index in [4.69, 9.17) is 0 Å². The molecule has 0 spiro atoms. The normalized spacial score (nSPS) is 23.9. The van der Waals surface area contributed by atoms with Crippen molar-refractivity contribution in [3.05, 3.63) is 35.9 Å². The van der Waals surface area contributed by atoms with Gasteiger partial charge in [-0.05, 0) is 43.8 Å². The zero-order chi connectivity index (χ0) is 15.2. The Morgan fingerprint density at radius 3 is 2.57 bits per heavy atom. The van der Waals surface area contributed by atoms with Gasteiger partial charge in [0.1, 0.15) is 0 Å². The van der Waals surface area contributed by atoms with Crippen LogP contribution in [0.5, 0.6) is 0 Å². The van der Waals surface area contributed by atoms with Gasteiger partial charge in [0.2, 0.25) is 0 Å². The van der Waals surface area contributed by atoms with Crippen molar-refractivity contribution in [2.24, 2.45) is 11.8 Å². The van der Waals surface area contributed by atoms with Gasteiger partial charge in [-0.15, -0.1) is 0 Å². The van der Waals surface area contributed by atoms with E-state index in [9.17, 15) is 5.11 Å². The molecule has 1 fully saturated rings. The lowest BCUT2D eigenvalue weighted by molar-refractivity contribution is 0.125. The molecule has 4 atom stereocenters. The lowest BCUT2D eigenvalue weighted by atomic mass is 9.94. The van der Waals surface area contributed by atoms with Gasteiger partial charge in [-0.3, -0.25) is 0 Å². The summed E-state index contributed by atoms with van der Waals surface area (Å²) in [4.78, 5) is 2.51. The van der Waals surface area contributed by atoms with E-state index in [1.54, 1.807) is 0 Å². The maximum Gasteiger partial charge on any atom is 0.0552 e. The number of likely N-dealkylation sites (tertiary alicyclic amines) is 1. The van der Waals surface area contributed by atoms with E-state index in [-0.39, 0.29) is 6.10 Å². The summed E-state index contributed by atoms with van der Waals surface area (Å²) in [5.74, 6) is 1.01. The van der Waals surface area contributed by atoms with Gasteiger partial charge >= 0.3 is 0 Å². The Balaban J connectivity index is 1.95. The van der Waals surface area contributed by atoms with Gasteiger partial charge in [0.25, 0.3) is 0 Å². The number of rotatable bonds is 7. The van der Waals surface area contributed by atoms with Gasteiger partial charge in [0.15, 0.2) is 0 Å². The van der Waals surface area contributed by atoms with E-state index in [2.05, 4.69) is 54.4 Å². The summed E-state index contributed by atoms with van der Waals surface area (Å²) in [6.07, 6.45) is 0.950. The molecule has 1 aliphatic heterocycles. The molecule has 0 radical (unpaired) electrons. The van der Waals surface area contributed by atoms with Crippen LogP contribution in [0.1, 0.15) is 38.8 Å². The van der Waals surface area contributed by atoms with E-state index in [1.165, 1.54) is 5.56 Å². The summed E-state index contributed by atoms with van der Waals surface area (Å²) in [5.41, 5.74) is 1.37. The summed E-state index contributed by atoms with van der Waals surface area (Å²) in [5, 5.41) is 13.4. The first-order chi connectivity index (χ1) is 10.1. The highest BCUT2D eigenvalue weighted by atomic mass is 16.3. The quantitative estimate of drug-likeness (QED) is 0.810. The number of nitrogens with one attached hydrogen (secondary N) is 1. The number of hydrogen-bond acceptors (Lipinski definition) is 3. The molecular formula is C18H30N2O. The van der Waals surface area contributed by atoms with Crippen molar-refractivity contribution >= 4 is 0 Å². The summed E-state index contributed by atoms with van der Waals surface area (Å²) in [6, 6.07) is 11.1. The van der Waals surface area contributed by atoms with Crippen LogP contribution in [-0.4, -0.2) is 42.3 Å². The van der Waals surface area contributed by atoms with Crippen LogP contribution in [0.25, 0.3) is 0 Å². The van der Waals surface area contributed by atoms with Crippen molar-refractivity contribution in [2.75, 3.05) is 26.2 Å². The molecule has 0 saturated carbocycles. The van der Waals surface area contributed by atoms with E-state index in [0.717, 1.165) is 32.6 Å². The lowest BCUT2D eigenvalue weighted by Gasteiger charge is -2.29. The second-order valence-corrected chi connectivity index (χ2v) is 6.47. The summed E-state index contributed by atoms with van der Waals surface area (Å²) in [6.45, 7) is 10.7. The molecular weight excluding hydrogens is 260 g/mol. The highest BCUT2D eigenvalue weighted by Gasteiger charge is 2.28. The number of aliphatic hydroxyl groups is 1. The van der Waals surface area contributed by atoms with Crippen LogP contribution in [0.4, 0.5) is 0 Å². The molecule has 4 unspecified atom stereocenters. The molecule has 118 valence electrons. The van der Waals surface area contributed by atoms with E-state index in [1.807, 2.05) is 6.92 Å². The monoisotopic (exact) mass is 290 g/mol. The number of nitrogens with zero attached hydrogens (tertiary/aromatic N) is 1. The van der Waals surface area contributed by atoms with Gasteiger partial charge < -0.3 is 15.3 Å². The first-order valence-corrected chi connectivity index (χ1v) is 8.30. The zero-order valence-electron chi connectivity index (χ0n) is 13.6. The largest absolute Gasteiger partial charge is 0.393 e. The van der Waals surface area contributed by atoms with E-state index < -0.39 is 0 Å². The molecule has 3 heteroatoms. The Morgan fingerprint density at radius 2 is 2.00 bits per heavy atom. The fraction of sp³-hybridized carbons (Fsp3) is 0.667. The lowest BCUT2D eigenvalue weighted by Crippen LogP contribution is -2.35. The average molecular weight is 290 g/mol. The maximum atomic E-state index is 9.74. The van der Waals surface area contributed by atoms with Crippen LogP contribution in [-0.2, 0) is 0 Å². The SMILES string of the molecule is CCNC(c1ccccc1)C(C)CN1CCC(C(C)O)C1.